The molecule has 0 saturated heterocycles. The van der Waals surface area contributed by atoms with Gasteiger partial charge in [0.1, 0.15) is 5.82 Å². The second-order valence-corrected chi connectivity index (χ2v) is 4.45. The summed E-state index contributed by atoms with van der Waals surface area (Å²) in [5, 5.41) is 8.47. The van der Waals surface area contributed by atoms with Gasteiger partial charge in [-0.25, -0.2) is 4.39 Å². The van der Waals surface area contributed by atoms with Crippen LogP contribution in [0.5, 0.6) is 0 Å². The molecule has 4 heteroatoms. The fourth-order valence-electron chi connectivity index (χ4n) is 1.81. The number of aliphatic carboxylic acids is 1. The molecule has 1 aromatic rings. The number of benzene rings is 1. The van der Waals surface area contributed by atoms with Gasteiger partial charge < -0.3 is 5.11 Å². The molecule has 0 fully saturated rings. The zero-order valence-electron chi connectivity index (χ0n) is 10.6. The number of carbonyl (C=O) groups is 2. The Labute approximate surface area is 106 Å². The van der Waals surface area contributed by atoms with Crippen LogP contribution in [0.25, 0.3) is 0 Å². The molecule has 98 valence electrons. The Morgan fingerprint density at radius 2 is 1.61 bits per heavy atom. The number of rotatable bonds is 6. The SMILES string of the molecule is Cc1cc(C(=O)CCCCC(=O)O)cc(C)c1F. The Kier molecular flexibility index (Phi) is 5.01. The number of aryl methyl sites for hydroxylation is 2. The van der Waals surface area contributed by atoms with Gasteiger partial charge >= 0.3 is 5.97 Å². The van der Waals surface area contributed by atoms with Crippen molar-refractivity contribution in [2.45, 2.75) is 39.5 Å². The van der Waals surface area contributed by atoms with Crippen molar-refractivity contribution in [3.05, 3.63) is 34.6 Å². The van der Waals surface area contributed by atoms with Gasteiger partial charge in [-0.3, -0.25) is 9.59 Å². The minimum atomic E-state index is -0.851. The number of hydrogen-bond donors (Lipinski definition) is 1. The standard InChI is InChI=1S/C14H17FO3/c1-9-7-11(8-10(2)14(9)15)12(16)5-3-4-6-13(17)18/h7-8H,3-6H2,1-2H3,(H,17,18). The van der Waals surface area contributed by atoms with Crippen molar-refractivity contribution in [2.75, 3.05) is 0 Å². The predicted molar refractivity (Wildman–Crippen MR) is 66.3 cm³/mol. The zero-order chi connectivity index (χ0) is 13.7. The number of halogens is 1. The lowest BCUT2D eigenvalue weighted by molar-refractivity contribution is -0.137. The van der Waals surface area contributed by atoms with Crippen molar-refractivity contribution in [3.8, 4) is 0 Å². The number of unbranched alkanes of at least 4 members (excludes halogenated alkanes) is 1. The molecule has 1 aromatic carbocycles. The third kappa shape index (κ3) is 3.95. The largest absolute Gasteiger partial charge is 0.481 e. The maximum atomic E-state index is 13.4. The number of hydrogen-bond acceptors (Lipinski definition) is 2. The third-order valence-electron chi connectivity index (χ3n) is 2.80. The van der Waals surface area contributed by atoms with E-state index in [0.29, 0.717) is 36.0 Å². The van der Waals surface area contributed by atoms with Crippen molar-refractivity contribution in [1.29, 1.82) is 0 Å². The van der Waals surface area contributed by atoms with E-state index in [2.05, 4.69) is 0 Å². The van der Waals surface area contributed by atoms with Crippen LogP contribution in [0, 0.1) is 19.7 Å². The maximum Gasteiger partial charge on any atom is 0.303 e. The van der Waals surface area contributed by atoms with E-state index in [1.165, 1.54) is 0 Å². The van der Waals surface area contributed by atoms with E-state index in [1.807, 2.05) is 0 Å². The zero-order valence-corrected chi connectivity index (χ0v) is 10.6. The normalized spacial score (nSPS) is 10.4. The Morgan fingerprint density at radius 1 is 1.11 bits per heavy atom. The molecule has 0 saturated carbocycles. The molecule has 1 N–H and O–H groups in total. The van der Waals surface area contributed by atoms with E-state index in [0.717, 1.165) is 0 Å². The lowest BCUT2D eigenvalue weighted by Crippen LogP contribution is -2.03. The fraction of sp³-hybridized carbons (Fsp3) is 0.429. The number of carbonyl (C=O) groups excluding carboxylic acids is 1. The van der Waals surface area contributed by atoms with Crippen LogP contribution in [0.4, 0.5) is 4.39 Å². The van der Waals surface area contributed by atoms with E-state index >= 15 is 0 Å². The van der Waals surface area contributed by atoms with Gasteiger partial charge in [0.15, 0.2) is 5.78 Å². The van der Waals surface area contributed by atoms with E-state index in [4.69, 9.17) is 5.11 Å². The third-order valence-corrected chi connectivity index (χ3v) is 2.80. The number of Topliss-reactive ketones (excluding diaryl/α,β-unsaturated/α-hetero) is 1. The summed E-state index contributed by atoms with van der Waals surface area (Å²) in [5.41, 5.74) is 1.43. The first-order valence-corrected chi connectivity index (χ1v) is 5.93. The molecule has 0 atom stereocenters. The van der Waals surface area contributed by atoms with Crippen molar-refractivity contribution >= 4 is 11.8 Å². The van der Waals surface area contributed by atoms with Crippen LogP contribution in [0.15, 0.2) is 12.1 Å². The molecule has 0 radical (unpaired) electrons. The minimum Gasteiger partial charge on any atom is -0.481 e. The summed E-state index contributed by atoms with van der Waals surface area (Å²) in [6.45, 7) is 3.26. The number of carboxylic acid groups (broad SMARTS) is 1. The number of ketones is 1. The molecule has 0 bridgehead atoms. The second kappa shape index (κ2) is 6.28. The predicted octanol–water partition coefficient (Wildman–Crippen LogP) is 3.27. The van der Waals surface area contributed by atoms with Gasteiger partial charge in [0.25, 0.3) is 0 Å². The summed E-state index contributed by atoms with van der Waals surface area (Å²) < 4.78 is 13.4. The average molecular weight is 252 g/mol. The highest BCUT2D eigenvalue weighted by Gasteiger charge is 2.10. The summed E-state index contributed by atoms with van der Waals surface area (Å²) in [6.07, 6.45) is 1.41. The lowest BCUT2D eigenvalue weighted by Gasteiger charge is -2.06. The van der Waals surface area contributed by atoms with Crippen LogP contribution in [0.2, 0.25) is 0 Å². The van der Waals surface area contributed by atoms with E-state index < -0.39 is 5.97 Å². The van der Waals surface area contributed by atoms with Crippen LogP contribution in [0.3, 0.4) is 0 Å². The molecule has 18 heavy (non-hydrogen) atoms. The maximum absolute atomic E-state index is 13.4. The van der Waals surface area contributed by atoms with Crippen LogP contribution in [-0.2, 0) is 4.79 Å². The fourth-order valence-corrected chi connectivity index (χ4v) is 1.81. The van der Waals surface area contributed by atoms with Gasteiger partial charge in [-0.2, -0.15) is 0 Å². The molecular formula is C14H17FO3. The molecule has 0 aromatic heterocycles. The van der Waals surface area contributed by atoms with Crippen molar-refractivity contribution in [3.63, 3.8) is 0 Å². The first kappa shape index (κ1) is 14.4. The van der Waals surface area contributed by atoms with E-state index in [9.17, 15) is 14.0 Å². The Hall–Kier alpha value is -1.71. The highest BCUT2D eigenvalue weighted by molar-refractivity contribution is 5.96. The minimum absolute atomic E-state index is 0.0633. The average Bonchev–Trinajstić information content (AvgIpc) is 2.30. The van der Waals surface area contributed by atoms with E-state index in [1.54, 1.807) is 26.0 Å². The van der Waals surface area contributed by atoms with Crippen molar-refractivity contribution in [2.24, 2.45) is 0 Å². The molecule has 3 nitrogen and oxygen atoms in total. The first-order valence-electron chi connectivity index (χ1n) is 5.93. The van der Waals surface area contributed by atoms with Crippen LogP contribution in [0.1, 0.15) is 47.2 Å². The van der Waals surface area contributed by atoms with Gasteiger partial charge in [-0.1, -0.05) is 0 Å². The molecule has 0 aliphatic carbocycles. The molecule has 0 spiro atoms. The van der Waals surface area contributed by atoms with Gasteiger partial charge in [-0.05, 0) is 49.9 Å². The highest BCUT2D eigenvalue weighted by Crippen LogP contribution is 2.17. The summed E-state index contributed by atoms with van der Waals surface area (Å²) in [5.74, 6) is -1.19. The van der Waals surface area contributed by atoms with Crippen LogP contribution >= 0.6 is 0 Å². The quantitative estimate of drug-likeness (QED) is 0.624. The van der Waals surface area contributed by atoms with Gasteiger partial charge in [0.05, 0.1) is 0 Å². The summed E-state index contributed by atoms with van der Waals surface area (Å²) in [4.78, 5) is 22.1. The monoisotopic (exact) mass is 252 g/mol. The van der Waals surface area contributed by atoms with E-state index in [-0.39, 0.29) is 18.0 Å². The lowest BCUT2D eigenvalue weighted by atomic mass is 10.00. The Bertz CT molecular complexity index is 443. The highest BCUT2D eigenvalue weighted by atomic mass is 19.1. The molecule has 0 unspecified atom stereocenters. The molecule has 0 aliphatic rings. The topological polar surface area (TPSA) is 54.4 Å². The molecule has 0 aliphatic heterocycles. The molecule has 0 amide bonds. The first-order chi connectivity index (χ1) is 8.41. The summed E-state index contributed by atoms with van der Waals surface area (Å²) in [7, 11) is 0. The van der Waals surface area contributed by atoms with Crippen molar-refractivity contribution in [1.82, 2.24) is 0 Å². The molecule has 1 rings (SSSR count). The molecular weight excluding hydrogens is 235 g/mol. The summed E-state index contributed by atoms with van der Waals surface area (Å²) >= 11 is 0. The summed E-state index contributed by atoms with van der Waals surface area (Å²) in [6, 6.07) is 3.09. The Balaban J connectivity index is 2.59. The molecule has 0 heterocycles. The van der Waals surface area contributed by atoms with Crippen LogP contribution in [-0.4, -0.2) is 16.9 Å². The van der Waals surface area contributed by atoms with Crippen LogP contribution < -0.4 is 0 Å². The second-order valence-electron chi connectivity index (χ2n) is 4.45. The van der Waals surface area contributed by atoms with Gasteiger partial charge in [0, 0.05) is 18.4 Å². The smallest absolute Gasteiger partial charge is 0.303 e. The van der Waals surface area contributed by atoms with Crippen molar-refractivity contribution < 1.29 is 19.1 Å². The van der Waals surface area contributed by atoms with Gasteiger partial charge in [-0.15, -0.1) is 0 Å². The van der Waals surface area contributed by atoms with Gasteiger partial charge in [0.2, 0.25) is 0 Å². The number of carboxylic acids is 1. The Morgan fingerprint density at radius 3 is 2.11 bits per heavy atom.